The van der Waals surface area contributed by atoms with Crippen molar-refractivity contribution in [2.45, 2.75) is 33.3 Å². The zero-order chi connectivity index (χ0) is 10.3. The normalized spacial score (nSPS) is 29.0. The first-order valence-corrected chi connectivity index (χ1v) is 4.42. The van der Waals surface area contributed by atoms with Gasteiger partial charge in [0, 0.05) is 5.57 Å². The molecule has 72 valence electrons. The van der Waals surface area contributed by atoms with Gasteiger partial charge in [0.1, 0.15) is 0 Å². The van der Waals surface area contributed by atoms with Crippen molar-refractivity contribution in [3.05, 3.63) is 23.8 Å². The summed E-state index contributed by atoms with van der Waals surface area (Å²) in [5.74, 6) is -0.000903. The van der Waals surface area contributed by atoms with Gasteiger partial charge in [-0.05, 0) is 30.6 Å². The molecule has 0 heterocycles. The smallest absolute Gasteiger partial charge is 0.181 e. The monoisotopic (exact) mass is 180 g/mol. The molecule has 1 aliphatic carbocycles. The molecule has 0 aliphatic heterocycles. The van der Waals surface area contributed by atoms with Gasteiger partial charge in [0.05, 0.1) is 5.60 Å². The second-order valence-corrected chi connectivity index (χ2v) is 4.73. The van der Waals surface area contributed by atoms with Crippen LogP contribution in [0.2, 0.25) is 0 Å². The fourth-order valence-corrected chi connectivity index (χ4v) is 1.33. The van der Waals surface area contributed by atoms with Gasteiger partial charge < -0.3 is 5.11 Å². The summed E-state index contributed by atoms with van der Waals surface area (Å²) < 4.78 is 0. The fraction of sp³-hybridized carbons (Fsp3) is 0.545. The molecular formula is C11H16O2. The molecule has 0 saturated carbocycles. The van der Waals surface area contributed by atoms with Crippen LogP contribution in [0.25, 0.3) is 0 Å². The molecule has 0 bridgehead atoms. The van der Waals surface area contributed by atoms with Crippen LogP contribution in [0.3, 0.4) is 0 Å². The fourth-order valence-electron chi connectivity index (χ4n) is 1.33. The summed E-state index contributed by atoms with van der Waals surface area (Å²) >= 11 is 0. The van der Waals surface area contributed by atoms with Gasteiger partial charge in [-0.1, -0.05) is 20.8 Å². The molecule has 1 rings (SSSR count). The molecule has 1 aliphatic rings. The van der Waals surface area contributed by atoms with Crippen molar-refractivity contribution in [1.29, 1.82) is 0 Å². The van der Waals surface area contributed by atoms with E-state index < -0.39 is 5.60 Å². The summed E-state index contributed by atoms with van der Waals surface area (Å²) in [5.41, 5.74) is -0.498. The van der Waals surface area contributed by atoms with Gasteiger partial charge in [-0.2, -0.15) is 0 Å². The number of rotatable bonds is 0. The van der Waals surface area contributed by atoms with Crippen LogP contribution in [0.1, 0.15) is 27.7 Å². The topological polar surface area (TPSA) is 37.3 Å². The Morgan fingerprint density at radius 1 is 1.38 bits per heavy atom. The van der Waals surface area contributed by atoms with Crippen LogP contribution in [0.4, 0.5) is 0 Å². The van der Waals surface area contributed by atoms with Crippen molar-refractivity contribution in [3.8, 4) is 0 Å². The van der Waals surface area contributed by atoms with Crippen molar-refractivity contribution >= 4 is 5.78 Å². The molecule has 0 fully saturated rings. The van der Waals surface area contributed by atoms with E-state index in [1.165, 1.54) is 12.2 Å². The number of allylic oxidation sites excluding steroid dienone is 2. The lowest BCUT2D eigenvalue weighted by atomic mass is 9.78. The number of carbonyl (C=O) groups is 1. The van der Waals surface area contributed by atoms with E-state index >= 15 is 0 Å². The number of hydrogen-bond acceptors (Lipinski definition) is 2. The maximum absolute atomic E-state index is 11.5. The first-order chi connectivity index (χ1) is 5.72. The highest BCUT2D eigenvalue weighted by Crippen LogP contribution is 2.31. The van der Waals surface area contributed by atoms with E-state index in [1.54, 1.807) is 13.0 Å². The third kappa shape index (κ3) is 2.28. The van der Waals surface area contributed by atoms with E-state index in [1.807, 2.05) is 20.8 Å². The molecule has 1 atom stereocenters. The van der Waals surface area contributed by atoms with Crippen LogP contribution >= 0.6 is 0 Å². The lowest BCUT2D eigenvalue weighted by Crippen LogP contribution is -2.28. The van der Waals surface area contributed by atoms with E-state index in [0.717, 1.165) is 0 Å². The van der Waals surface area contributed by atoms with Crippen LogP contribution in [-0.4, -0.2) is 16.5 Å². The van der Waals surface area contributed by atoms with E-state index in [-0.39, 0.29) is 11.2 Å². The average molecular weight is 180 g/mol. The molecule has 0 aromatic rings. The molecule has 0 spiro atoms. The highest BCUT2D eigenvalue weighted by molar-refractivity contribution is 6.06. The Kier molecular flexibility index (Phi) is 2.20. The first-order valence-electron chi connectivity index (χ1n) is 4.42. The van der Waals surface area contributed by atoms with Gasteiger partial charge in [0.2, 0.25) is 0 Å². The van der Waals surface area contributed by atoms with Crippen molar-refractivity contribution in [3.63, 3.8) is 0 Å². The molecule has 0 aromatic heterocycles. The molecule has 0 saturated heterocycles. The molecule has 2 heteroatoms. The van der Waals surface area contributed by atoms with E-state index in [4.69, 9.17) is 0 Å². The summed E-state index contributed by atoms with van der Waals surface area (Å²) in [6.07, 6.45) is 4.60. The molecule has 1 unspecified atom stereocenters. The van der Waals surface area contributed by atoms with E-state index in [9.17, 15) is 9.90 Å². The Hall–Kier alpha value is -0.890. The minimum Gasteiger partial charge on any atom is -0.382 e. The SMILES string of the molecule is CC1(O)C=CC(=O)C(C(C)(C)C)=C1. The van der Waals surface area contributed by atoms with Crippen molar-refractivity contribution in [2.75, 3.05) is 0 Å². The summed E-state index contributed by atoms with van der Waals surface area (Å²) in [6, 6.07) is 0. The molecular weight excluding hydrogens is 164 g/mol. The lowest BCUT2D eigenvalue weighted by Gasteiger charge is -2.27. The Morgan fingerprint density at radius 3 is 2.31 bits per heavy atom. The second kappa shape index (κ2) is 2.81. The van der Waals surface area contributed by atoms with Crippen LogP contribution in [-0.2, 0) is 4.79 Å². The van der Waals surface area contributed by atoms with Gasteiger partial charge in [-0.3, -0.25) is 4.79 Å². The van der Waals surface area contributed by atoms with Crippen LogP contribution < -0.4 is 0 Å². The number of carbonyl (C=O) groups excluding carboxylic acids is 1. The number of hydrogen-bond donors (Lipinski definition) is 1. The predicted octanol–water partition coefficient (Wildman–Crippen LogP) is 1.85. The lowest BCUT2D eigenvalue weighted by molar-refractivity contribution is -0.112. The molecule has 1 N–H and O–H groups in total. The van der Waals surface area contributed by atoms with Gasteiger partial charge >= 0.3 is 0 Å². The zero-order valence-corrected chi connectivity index (χ0v) is 8.59. The molecule has 0 aromatic carbocycles. The van der Waals surface area contributed by atoms with Gasteiger partial charge in [0.25, 0.3) is 0 Å². The molecule has 13 heavy (non-hydrogen) atoms. The van der Waals surface area contributed by atoms with Crippen LogP contribution in [0, 0.1) is 5.41 Å². The minimum atomic E-state index is -0.976. The van der Waals surface area contributed by atoms with Gasteiger partial charge in [-0.25, -0.2) is 0 Å². The summed E-state index contributed by atoms with van der Waals surface area (Å²) in [5, 5.41) is 9.71. The minimum absolute atomic E-state index is 0.000903. The average Bonchev–Trinajstić information content (AvgIpc) is 1.92. The Morgan fingerprint density at radius 2 is 1.92 bits per heavy atom. The van der Waals surface area contributed by atoms with Crippen LogP contribution in [0.15, 0.2) is 23.8 Å². The van der Waals surface area contributed by atoms with Crippen molar-refractivity contribution in [1.82, 2.24) is 0 Å². The standard InChI is InChI=1S/C11H16O2/c1-10(2,3)8-7-11(4,13)6-5-9(8)12/h5-7,13H,1-4H3. The number of ketones is 1. The van der Waals surface area contributed by atoms with Crippen LogP contribution in [0.5, 0.6) is 0 Å². The summed E-state index contributed by atoms with van der Waals surface area (Å²) in [6.45, 7) is 7.56. The quantitative estimate of drug-likeness (QED) is 0.617. The Bertz CT molecular complexity index is 288. The van der Waals surface area contributed by atoms with Crippen molar-refractivity contribution < 1.29 is 9.90 Å². The zero-order valence-electron chi connectivity index (χ0n) is 8.59. The molecule has 2 nitrogen and oxygen atoms in total. The largest absolute Gasteiger partial charge is 0.382 e. The number of aliphatic hydroxyl groups is 1. The maximum atomic E-state index is 11.5. The van der Waals surface area contributed by atoms with Gasteiger partial charge in [-0.15, -0.1) is 0 Å². The Labute approximate surface area is 79.0 Å². The van der Waals surface area contributed by atoms with Gasteiger partial charge in [0.15, 0.2) is 5.78 Å². The van der Waals surface area contributed by atoms with Crippen molar-refractivity contribution in [2.24, 2.45) is 5.41 Å². The Balaban J connectivity index is 3.10. The highest BCUT2D eigenvalue weighted by Gasteiger charge is 2.29. The molecule has 0 radical (unpaired) electrons. The first kappa shape index (κ1) is 10.2. The van der Waals surface area contributed by atoms with E-state index in [0.29, 0.717) is 5.57 Å². The summed E-state index contributed by atoms with van der Waals surface area (Å²) in [4.78, 5) is 11.5. The third-order valence-electron chi connectivity index (χ3n) is 2.08. The second-order valence-electron chi connectivity index (χ2n) is 4.73. The maximum Gasteiger partial charge on any atom is 0.181 e. The van der Waals surface area contributed by atoms with E-state index in [2.05, 4.69) is 0 Å². The molecule has 0 amide bonds. The highest BCUT2D eigenvalue weighted by atomic mass is 16.3. The predicted molar refractivity (Wildman–Crippen MR) is 52.3 cm³/mol. The third-order valence-corrected chi connectivity index (χ3v) is 2.08. The summed E-state index contributed by atoms with van der Waals surface area (Å²) in [7, 11) is 0.